The Morgan fingerprint density at radius 3 is 2.48 bits per heavy atom. The van der Waals surface area contributed by atoms with Gasteiger partial charge < -0.3 is 4.74 Å². The summed E-state index contributed by atoms with van der Waals surface area (Å²) in [6.07, 6.45) is 4.45. The molecule has 1 N–H and O–H groups in total. The van der Waals surface area contributed by atoms with Gasteiger partial charge in [-0.05, 0) is 38.1 Å². The standard InChI is InChI=1S/C17H16Cl2N6O2/c1-17(2,9-27-13-7-11(18)6-12(19)8-13)14(26)24-16-22-10-23-25(16)15-20-4-3-5-21-15/h3-8,10H,9H2,1-2H3,(H,22,23,24,26). The minimum absolute atomic E-state index is 0.103. The van der Waals surface area contributed by atoms with Gasteiger partial charge in [-0.25, -0.2) is 9.97 Å². The molecule has 3 rings (SSSR count). The average Bonchev–Trinajstić information content (AvgIpc) is 3.08. The predicted molar refractivity (Wildman–Crippen MR) is 101 cm³/mol. The number of hydrogen-bond donors (Lipinski definition) is 1. The number of rotatable bonds is 6. The maximum absolute atomic E-state index is 12.7. The first kappa shape index (κ1) is 19.1. The van der Waals surface area contributed by atoms with Crippen molar-refractivity contribution in [1.29, 1.82) is 0 Å². The van der Waals surface area contributed by atoms with Crippen LogP contribution in [0.25, 0.3) is 5.95 Å². The number of carbonyl (C=O) groups is 1. The molecular weight excluding hydrogens is 391 g/mol. The van der Waals surface area contributed by atoms with E-state index in [4.69, 9.17) is 27.9 Å². The SMILES string of the molecule is CC(C)(COc1cc(Cl)cc(Cl)c1)C(=O)Nc1ncnn1-c1ncccn1. The molecule has 0 saturated carbocycles. The van der Waals surface area contributed by atoms with Crippen LogP contribution < -0.4 is 10.1 Å². The highest BCUT2D eigenvalue weighted by Gasteiger charge is 2.30. The first-order valence-corrected chi connectivity index (χ1v) is 8.68. The molecule has 2 heterocycles. The molecule has 0 radical (unpaired) electrons. The van der Waals surface area contributed by atoms with Gasteiger partial charge in [0.25, 0.3) is 5.95 Å². The zero-order valence-corrected chi connectivity index (χ0v) is 16.1. The third-order valence-corrected chi connectivity index (χ3v) is 4.00. The molecule has 8 nitrogen and oxygen atoms in total. The number of hydrogen-bond acceptors (Lipinski definition) is 6. The molecule has 0 unspecified atom stereocenters. The summed E-state index contributed by atoms with van der Waals surface area (Å²) in [5, 5.41) is 7.68. The third kappa shape index (κ3) is 4.72. The minimum Gasteiger partial charge on any atom is -0.492 e. The lowest BCUT2D eigenvalue weighted by atomic mass is 9.93. The van der Waals surface area contributed by atoms with E-state index in [0.29, 0.717) is 21.7 Å². The normalized spacial score (nSPS) is 11.3. The first-order valence-electron chi connectivity index (χ1n) is 7.93. The maximum atomic E-state index is 12.7. The van der Waals surface area contributed by atoms with Gasteiger partial charge >= 0.3 is 0 Å². The van der Waals surface area contributed by atoms with E-state index in [9.17, 15) is 4.79 Å². The zero-order chi connectivity index (χ0) is 19.4. The molecule has 0 aliphatic rings. The number of ether oxygens (including phenoxy) is 1. The summed E-state index contributed by atoms with van der Waals surface area (Å²) in [7, 11) is 0. The van der Waals surface area contributed by atoms with Crippen molar-refractivity contribution in [1.82, 2.24) is 24.7 Å². The summed E-state index contributed by atoms with van der Waals surface area (Å²) in [5.74, 6) is 0.688. The number of aromatic nitrogens is 5. The van der Waals surface area contributed by atoms with Crippen molar-refractivity contribution in [2.75, 3.05) is 11.9 Å². The lowest BCUT2D eigenvalue weighted by Gasteiger charge is -2.23. The lowest BCUT2D eigenvalue weighted by molar-refractivity contribution is -0.125. The monoisotopic (exact) mass is 406 g/mol. The van der Waals surface area contributed by atoms with Crippen molar-refractivity contribution in [3.8, 4) is 11.7 Å². The van der Waals surface area contributed by atoms with Gasteiger partial charge in [0.15, 0.2) is 0 Å². The van der Waals surface area contributed by atoms with E-state index < -0.39 is 5.41 Å². The third-order valence-electron chi connectivity index (χ3n) is 3.57. The van der Waals surface area contributed by atoms with Gasteiger partial charge in [-0.2, -0.15) is 14.8 Å². The summed E-state index contributed by atoms with van der Waals surface area (Å²) in [4.78, 5) is 24.9. The Hall–Kier alpha value is -2.71. The average molecular weight is 407 g/mol. The van der Waals surface area contributed by atoms with Crippen molar-refractivity contribution in [2.45, 2.75) is 13.8 Å². The fraction of sp³-hybridized carbons (Fsp3) is 0.235. The quantitative estimate of drug-likeness (QED) is 0.673. The number of amides is 1. The second-order valence-corrected chi connectivity index (χ2v) is 7.15. The number of nitrogens with one attached hydrogen (secondary N) is 1. The van der Waals surface area contributed by atoms with Crippen molar-refractivity contribution >= 4 is 35.1 Å². The Bertz CT molecular complexity index is 925. The number of anilines is 1. The fourth-order valence-corrected chi connectivity index (χ4v) is 2.59. The molecule has 140 valence electrons. The molecule has 0 aliphatic carbocycles. The van der Waals surface area contributed by atoms with Gasteiger partial charge in [0.1, 0.15) is 18.7 Å². The highest BCUT2D eigenvalue weighted by atomic mass is 35.5. The molecule has 0 aliphatic heterocycles. The number of halogens is 2. The highest BCUT2D eigenvalue weighted by molar-refractivity contribution is 6.34. The predicted octanol–water partition coefficient (Wildman–Crippen LogP) is 3.41. The van der Waals surface area contributed by atoms with E-state index >= 15 is 0 Å². The van der Waals surface area contributed by atoms with E-state index in [1.807, 2.05) is 0 Å². The number of nitrogens with zero attached hydrogens (tertiary/aromatic N) is 5. The summed E-state index contributed by atoms with van der Waals surface area (Å²) in [6, 6.07) is 6.54. The van der Waals surface area contributed by atoms with Crippen molar-refractivity contribution in [3.05, 3.63) is 53.0 Å². The summed E-state index contributed by atoms with van der Waals surface area (Å²) < 4.78 is 7.03. The summed E-state index contributed by atoms with van der Waals surface area (Å²) in [6.45, 7) is 3.59. The molecule has 0 bridgehead atoms. The van der Waals surface area contributed by atoms with Gasteiger partial charge in [0.05, 0.1) is 5.41 Å². The molecule has 1 aromatic carbocycles. The van der Waals surface area contributed by atoms with Crippen molar-refractivity contribution in [2.24, 2.45) is 5.41 Å². The smallest absolute Gasteiger partial charge is 0.253 e. The topological polar surface area (TPSA) is 94.8 Å². The van der Waals surface area contributed by atoms with Crippen LogP contribution in [0.1, 0.15) is 13.8 Å². The van der Waals surface area contributed by atoms with Crippen LogP contribution in [0.15, 0.2) is 43.0 Å². The molecule has 0 fully saturated rings. The second kappa shape index (κ2) is 7.89. The van der Waals surface area contributed by atoms with Gasteiger partial charge in [0.2, 0.25) is 11.9 Å². The van der Waals surface area contributed by atoms with Crippen LogP contribution in [0.5, 0.6) is 5.75 Å². The zero-order valence-electron chi connectivity index (χ0n) is 14.6. The highest BCUT2D eigenvalue weighted by Crippen LogP contribution is 2.26. The largest absolute Gasteiger partial charge is 0.492 e. The molecular formula is C17H16Cl2N6O2. The second-order valence-electron chi connectivity index (χ2n) is 6.28. The summed E-state index contributed by atoms with van der Waals surface area (Å²) in [5.41, 5.74) is -0.872. The Morgan fingerprint density at radius 1 is 1.15 bits per heavy atom. The molecule has 0 saturated heterocycles. The van der Waals surface area contributed by atoms with E-state index in [1.165, 1.54) is 11.0 Å². The van der Waals surface area contributed by atoms with Crippen molar-refractivity contribution in [3.63, 3.8) is 0 Å². The maximum Gasteiger partial charge on any atom is 0.253 e. The molecule has 3 aromatic rings. The molecule has 0 spiro atoms. The number of carbonyl (C=O) groups excluding carboxylic acids is 1. The minimum atomic E-state index is -0.872. The van der Waals surface area contributed by atoms with Crippen LogP contribution in [0.4, 0.5) is 5.95 Å². The fourth-order valence-electron chi connectivity index (χ4n) is 2.09. The van der Waals surface area contributed by atoms with Crippen molar-refractivity contribution < 1.29 is 9.53 Å². The number of benzene rings is 1. The van der Waals surface area contributed by atoms with Crippen LogP contribution in [-0.2, 0) is 4.79 Å². The lowest BCUT2D eigenvalue weighted by Crippen LogP contribution is -2.36. The summed E-state index contributed by atoms with van der Waals surface area (Å²) >= 11 is 11.9. The Balaban J connectivity index is 1.69. The Morgan fingerprint density at radius 2 is 1.81 bits per heavy atom. The van der Waals surface area contributed by atoms with Gasteiger partial charge in [-0.3, -0.25) is 10.1 Å². The Labute approximate surface area is 165 Å². The van der Waals surface area contributed by atoms with E-state index in [1.54, 1.807) is 50.5 Å². The van der Waals surface area contributed by atoms with Gasteiger partial charge in [-0.15, -0.1) is 0 Å². The molecule has 1 amide bonds. The van der Waals surface area contributed by atoms with Crippen LogP contribution in [0.2, 0.25) is 10.0 Å². The van der Waals surface area contributed by atoms with Gasteiger partial charge in [-0.1, -0.05) is 23.2 Å². The van der Waals surface area contributed by atoms with Gasteiger partial charge in [0, 0.05) is 22.4 Å². The van der Waals surface area contributed by atoms with Crippen LogP contribution in [0, 0.1) is 5.41 Å². The molecule has 2 aromatic heterocycles. The van der Waals surface area contributed by atoms with Crippen LogP contribution >= 0.6 is 23.2 Å². The van der Waals surface area contributed by atoms with E-state index in [-0.39, 0.29) is 18.5 Å². The molecule has 27 heavy (non-hydrogen) atoms. The molecule has 0 atom stereocenters. The van der Waals surface area contributed by atoms with E-state index in [2.05, 4.69) is 25.4 Å². The van der Waals surface area contributed by atoms with E-state index in [0.717, 1.165) is 0 Å². The van der Waals surface area contributed by atoms with Crippen LogP contribution in [0.3, 0.4) is 0 Å². The first-order chi connectivity index (χ1) is 12.8. The molecule has 10 heteroatoms. The van der Waals surface area contributed by atoms with Crippen LogP contribution in [-0.4, -0.2) is 37.2 Å². The Kier molecular flexibility index (Phi) is 5.57.